The summed E-state index contributed by atoms with van der Waals surface area (Å²) in [7, 11) is 0. The van der Waals surface area contributed by atoms with Crippen molar-refractivity contribution in [2.45, 2.75) is 38.5 Å². The molecule has 44 heavy (non-hydrogen) atoms. The Balaban J connectivity index is 1.31. The Bertz CT molecular complexity index is 2120. The van der Waals surface area contributed by atoms with Crippen molar-refractivity contribution in [1.29, 1.82) is 0 Å². The number of pyridine rings is 2. The average molecular weight is 565 g/mol. The van der Waals surface area contributed by atoms with Crippen LogP contribution in [-0.4, -0.2) is 9.97 Å². The van der Waals surface area contributed by atoms with E-state index in [1.165, 1.54) is 66.1 Å². The Hall–Kier alpha value is -5.08. The molecule has 0 atom stereocenters. The fourth-order valence-electron chi connectivity index (χ4n) is 8.09. The minimum atomic E-state index is -0.110. The smallest absolute Gasteiger partial charge is 0.0746 e. The van der Waals surface area contributed by atoms with E-state index in [4.69, 9.17) is 9.97 Å². The molecule has 2 nitrogen and oxygen atoms in total. The normalized spacial score (nSPS) is 15.2. The first-order valence-electron chi connectivity index (χ1n) is 15.5. The van der Waals surface area contributed by atoms with E-state index in [-0.39, 0.29) is 10.8 Å². The molecule has 0 aliphatic heterocycles. The fraction of sp³-hybridized carbons (Fsp3) is 0.143. The summed E-state index contributed by atoms with van der Waals surface area (Å²) in [4.78, 5) is 10.3. The Morgan fingerprint density at radius 3 is 1.14 bits per heavy atom. The predicted molar refractivity (Wildman–Crippen MR) is 183 cm³/mol. The van der Waals surface area contributed by atoms with Crippen LogP contribution in [0.3, 0.4) is 0 Å². The van der Waals surface area contributed by atoms with E-state index < -0.39 is 0 Å². The molecule has 210 valence electrons. The summed E-state index contributed by atoms with van der Waals surface area (Å²) in [5.74, 6) is 0. The van der Waals surface area contributed by atoms with E-state index in [9.17, 15) is 0 Å². The number of rotatable bonds is 2. The molecule has 9 rings (SSSR count). The number of benzene rings is 5. The van der Waals surface area contributed by atoms with Gasteiger partial charge in [-0.05, 0) is 67.1 Å². The first-order chi connectivity index (χ1) is 21.4. The van der Waals surface area contributed by atoms with Gasteiger partial charge in [-0.2, -0.15) is 0 Å². The Morgan fingerprint density at radius 1 is 0.409 bits per heavy atom. The summed E-state index contributed by atoms with van der Waals surface area (Å²) < 4.78 is 0. The SMILES string of the molecule is CC1(C)c2ccccc2-c2ncc(-c3c4ccccc4c(-c4cnc5c(c4)C(C)(C)c4ccccc4-5)c4ccccc34)cc21. The first-order valence-corrected chi connectivity index (χ1v) is 15.5. The molecule has 0 fully saturated rings. The van der Waals surface area contributed by atoms with E-state index >= 15 is 0 Å². The van der Waals surface area contributed by atoms with Crippen molar-refractivity contribution in [2.24, 2.45) is 0 Å². The van der Waals surface area contributed by atoms with Crippen LogP contribution < -0.4 is 0 Å². The van der Waals surface area contributed by atoms with E-state index in [2.05, 4.69) is 149 Å². The van der Waals surface area contributed by atoms with Crippen molar-refractivity contribution in [1.82, 2.24) is 9.97 Å². The Morgan fingerprint density at radius 2 is 0.750 bits per heavy atom. The second kappa shape index (κ2) is 8.74. The summed E-state index contributed by atoms with van der Waals surface area (Å²) >= 11 is 0. The minimum absolute atomic E-state index is 0.110. The number of nitrogens with zero attached hydrogens (tertiary/aromatic N) is 2. The second-order valence-electron chi connectivity index (χ2n) is 13.4. The van der Waals surface area contributed by atoms with Crippen molar-refractivity contribution in [3.8, 4) is 44.8 Å². The van der Waals surface area contributed by atoms with E-state index in [0.717, 1.165) is 22.5 Å². The van der Waals surface area contributed by atoms with Crippen LogP contribution in [0.1, 0.15) is 49.9 Å². The zero-order valence-corrected chi connectivity index (χ0v) is 25.4. The van der Waals surface area contributed by atoms with Gasteiger partial charge < -0.3 is 0 Å². The molecule has 2 aliphatic rings. The molecule has 0 saturated heterocycles. The van der Waals surface area contributed by atoms with E-state index in [1.54, 1.807) is 0 Å². The second-order valence-corrected chi connectivity index (χ2v) is 13.4. The van der Waals surface area contributed by atoms with Crippen LogP contribution in [0, 0.1) is 0 Å². The molecule has 7 aromatic rings. The van der Waals surface area contributed by atoms with Crippen molar-refractivity contribution in [2.75, 3.05) is 0 Å². The monoisotopic (exact) mass is 564 g/mol. The summed E-state index contributed by atoms with van der Waals surface area (Å²) in [5, 5.41) is 4.94. The highest BCUT2D eigenvalue weighted by atomic mass is 14.7. The fourth-order valence-corrected chi connectivity index (χ4v) is 8.09. The molecule has 0 unspecified atom stereocenters. The maximum atomic E-state index is 5.13. The predicted octanol–water partition coefficient (Wildman–Crippen LogP) is 10.7. The summed E-state index contributed by atoms with van der Waals surface area (Å²) in [6, 6.07) is 39.9. The molecule has 2 heterocycles. The number of hydrogen-bond donors (Lipinski definition) is 0. The number of aromatic nitrogens is 2. The molecule has 0 N–H and O–H groups in total. The lowest BCUT2D eigenvalue weighted by molar-refractivity contribution is 0.659. The molecule has 0 radical (unpaired) electrons. The van der Waals surface area contributed by atoms with Crippen molar-refractivity contribution in [3.05, 3.63) is 144 Å². The minimum Gasteiger partial charge on any atom is -0.255 e. The Kier molecular flexibility index (Phi) is 5.05. The summed E-state index contributed by atoms with van der Waals surface area (Å²) in [5.41, 5.74) is 14.6. The lowest BCUT2D eigenvalue weighted by Gasteiger charge is -2.23. The van der Waals surface area contributed by atoms with Gasteiger partial charge in [0.2, 0.25) is 0 Å². The molecule has 2 heteroatoms. The van der Waals surface area contributed by atoms with Gasteiger partial charge in [0.05, 0.1) is 11.4 Å². The highest BCUT2D eigenvalue weighted by molar-refractivity contribution is 6.21. The molecular weight excluding hydrogens is 532 g/mol. The zero-order chi connectivity index (χ0) is 29.8. The van der Waals surface area contributed by atoms with Crippen LogP contribution >= 0.6 is 0 Å². The van der Waals surface area contributed by atoms with Gasteiger partial charge in [-0.25, -0.2) is 0 Å². The van der Waals surface area contributed by atoms with Gasteiger partial charge >= 0.3 is 0 Å². The number of hydrogen-bond acceptors (Lipinski definition) is 2. The highest BCUT2D eigenvalue weighted by Gasteiger charge is 2.38. The van der Waals surface area contributed by atoms with Crippen LogP contribution in [0.4, 0.5) is 0 Å². The van der Waals surface area contributed by atoms with E-state index in [0.29, 0.717) is 0 Å². The maximum Gasteiger partial charge on any atom is 0.0746 e. The van der Waals surface area contributed by atoms with Crippen LogP contribution in [0.2, 0.25) is 0 Å². The topological polar surface area (TPSA) is 25.8 Å². The largest absolute Gasteiger partial charge is 0.255 e. The van der Waals surface area contributed by atoms with Crippen molar-refractivity contribution >= 4 is 21.5 Å². The van der Waals surface area contributed by atoms with Crippen LogP contribution in [0.15, 0.2) is 122 Å². The molecule has 0 saturated carbocycles. The molecule has 2 aromatic heterocycles. The van der Waals surface area contributed by atoms with Crippen LogP contribution in [0.25, 0.3) is 66.3 Å². The lowest BCUT2D eigenvalue weighted by atomic mass is 9.80. The third kappa shape index (κ3) is 3.26. The molecule has 2 aliphatic carbocycles. The van der Waals surface area contributed by atoms with Gasteiger partial charge in [0, 0.05) is 45.5 Å². The molecule has 0 amide bonds. The third-order valence-corrected chi connectivity index (χ3v) is 10.3. The maximum absolute atomic E-state index is 5.13. The summed E-state index contributed by atoms with van der Waals surface area (Å²) in [6.07, 6.45) is 4.17. The summed E-state index contributed by atoms with van der Waals surface area (Å²) in [6.45, 7) is 9.29. The highest BCUT2D eigenvalue weighted by Crippen LogP contribution is 2.52. The van der Waals surface area contributed by atoms with Crippen molar-refractivity contribution < 1.29 is 0 Å². The van der Waals surface area contributed by atoms with Gasteiger partial charge in [-0.3, -0.25) is 9.97 Å². The molecular formula is C42H32N2. The van der Waals surface area contributed by atoms with E-state index in [1.807, 2.05) is 0 Å². The Labute approximate surface area is 258 Å². The van der Waals surface area contributed by atoms with Crippen LogP contribution in [-0.2, 0) is 10.8 Å². The van der Waals surface area contributed by atoms with Gasteiger partial charge in [0.25, 0.3) is 0 Å². The zero-order valence-electron chi connectivity index (χ0n) is 25.4. The van der Waals surface area contributed by atoms with Gasteiger partial charge in [0.1, 0.15) is 0 Å². The van der Waals surface area contributed by atoms with Crippen LogP contribution in [0.5, 0.6) is 0 Å². The van der Waals surface area contributed by atoms with Gasteiger partial charge in [-0.1, -0.05) is 125 Å². The quantitative estimate of drug-likeness (QED) is 0.195. The number of fused-ring (bicyclic) bond motifs is 8. The molecule has 5 aromatic carbocycles. The van der Waals surface area contributed by atoms with Gasteiger partial charge in [-0.15, -0.1) is 0 Å². The average Bonchev–Trinajstić information content (AvgIpc) is 3.42. The first kappa shape index (κ1) is 25.4. The molecule has 0 bridgehead atoms. The van der Waals surface area contributed by atoms with Gasteiger partial charge in [0.15, 0.2) is 0 Å². The van der Waals surface area contributed by atoms with Crippen molar-refractivity contribution in [3.63, 3.8) is 0 Å². The standard InChI is InChI=1S/C42H32N2/c1-41(2)33-19-11-9-17-31(33)39-35(41)21-25(23-43-39)37-27-13-5-7-15-29(27)38(30-16-8-6-14-28(30)37)26-22-36-40(44-24-26)32-18-10-12-20-34(32)42(36,3)4/h5-24H,1-4H3. The lowest BCUT2D eigenvalue weighted by Crippen LogP contribution is -2.15. The third-order valence-electron chi connectivity index (χ3n) is 10.3. The molecule has 0 spiro atoms.